The van der Waals surface area contributed by atoms with Crippen LogP contribution in [0.5, 0.6) is 28.7 Å². The molecule has 0 aromatic heterocycles. The molecule has 3 heterocycles. The summed E-state index contributed by atoms with van der Waals surface area (Å²) in [5.41, 5.74) is 0.563. The van der Waals surface area contributed by atoms with E-state index < -0.39 is 74.1 Å². The van der Waals surface area contributed by atoms with E-state index in [1.54, 1.807) is 6.07 Å². The maximum atomic E-state index is 10.7. The first-order valence-electron chi connectivity index (χ1n) is 13.4. The van der Waals surface area contributed by atoms with Crippen LogP contribution >= 0.6 is 0 Å². The second-order valence-corrected chi connectivity index (χ2v) is 10.6. The zero-order valence-corrected chi connectivity index (χ0v) is 23.0. The quantitative estimate of drug-likeness (QED) is 0.167. The van der Waals surface area contributed by atoms with Crippen LogP contribution in [0.4, 0.5) is 0 Å². The Hall–Kier alpha value is -3.38. The van der Waals surface area contributed by atoms with Crippen LogP contribution in [-0.4, -0.2) is 126 Å². The van der Waals surface area contributed by atoms with Gasteiger partial charge in [-0.2, -0.15) is 0 Å². The molecule has 3 aliphatic heterocycles. The van der Waals surface area contributed by atoms with Crippen molar-refractivity contribution in [3.8, 4) is 28.7 Å². The lowest BCUT2D eigenvalue weighted by atomic mass is 9.98. The summed E-state index contributed by atoms with van der Waals surface area (Å²) in [6, 6.07) is 6.86. The van der Waals surface area contributed by atoms with E-state index in [4.69, 9.17) is 23.7 Å². The molecule has 0 radical (unpaired) electrons. The van der Waals surface area contributed by atoms with Gasteiger partial charge in [0.1, 0.15) is 59.8 Å². The van der Waals surface area contributed by atoms with Crippen LogP contribution in [0.25, 0.3) is 6.08 Å². The molecule has 2 fully saturated rings. The van der Waals surface area contributed by atoms with Gasteiger partial charge in [-0.1, -0.05) is 0 Å². The summed E-state index contributed by atoms with van der Waals surface area (Å²) in [5, 5.41) is 92.9. The van der Waals surface area contributed by atoms with Crippen LogP contribution in [0, 0.1) is 0 Å². The van der Waals surface area contributed by atoms with Crippen molar-refractivity contribution in [2.24, 2.45) is 0 Å². The fourth-order valence-electron chi connectivity index (χ4n) is 5.13. The SMILES string of the molecule is COc1ccc(C2[OH+]c3cc(O)cc(O)c3C=C2OC2OC(COC3OC(C)C(O)C(O)C3O)C(O)C(O)C2O)cc1O. The summed E-state index contributed by atoms with van der Waals surface area (Å²) < 4.78 is 32.3. The summed E-state index contributed by atoms with van der Waals surface area (Å²) in [6.45, 7) is 0.968. The number of ether oxygens (including phenoxy) is 6. The predicted octanol–water partition coefficient (Wildman–Crippen LogP) is -1.18. The number of phenolic OH excluding ortho intramolecular Hbond substituents is 3. The van der Waals surface area contributed by atoms with E-state index >= 15 is 0 Å². The highest BCUT2D eigenvalue weighted by Crippen LogP contribution is 2.46. The number of aromatic hydroxyl groups is 4. The molecule has 15 heteroatoms. The summed E-state index contributed by atoms with van der Waals surface area (Å²) in [7, 11) is 1.38. The molecule has 15 nitrogen and oxygen atoms in total. The van der Waals surface area contributed by atoms with Crippen LogP contribution in [0.2, 0.25) is 0 Å². The first kappa shape index (κ1) is 31.1. The summed E-state index contributed by atoms with van der Waals surface area (Å²) in [6.07, 6.45) is -14.6. The Morgan fingerprint density at radius 2 is 1.49 bits per heavy atom. The molecular formula is C28H35O15+. The third kappa shape index (κ3) is 6.04. The monoisotopic (exact) mass is 611 g/mol. The van der Waals surface area contributed by atoms with E-state index in [2.05, 4.69) is 4.74 Å². The first-order chi connectivity index (χ1) is 20.4. The zero-order valence-electron chi connectivity index (χ0n) is 23.0. The Balaban J connectivity index is 1.40. The van der Waals surface area contributed by atoms with Crippen LogP contribution < -0.4 is 4.74 Å². The lowest BCUT2D eigenvalue weighted by Crippen LogP contribution is -2.61. The second-order valence-electron chi connectivity index (χ2n) is 10.6. The number of benzene rings is 2. The maximum Gasteiger partial charge on any atom is 0.270 e. The van der Waals surface area contributed by atoms with E-state index in [0.717, 1.165) is 6.07 Å². The van der Waals surface area contributed by atoms with Gasteiger partial charge in [0, 0.05) is 12.1 Å². The number of hydrogen-bond acceptors (Lipinski definition) is 14. The van der Waals surface area contributed by atoms with Crippen LogP contribution in [-0.2, 0) is 18.9 Å². The number of fused-ring (bicyclic) bond motifs is 1. The fraction of sp³-hybridized carbons (Fsp3) is 0.500. The van der Waals surface area contributed by atoms with Crippen molar-refractivity contribution in [1.82, 2.24) is 0 Å². The highest BCUT2D eigenvalue weighted by atomic mass is 16.7. The fourth-order valence-corrected chi connectivity index (χ4v) is 5.13. The average molecular weight is 612 g/mol. The number of aliphatic hydroxyl groups is 7. The van der Waals surface area contributed by atoms with Gasteiger partial charge in [-0.25, -0.2) is 0 Å². The summed E-state index contributed by atoms with van der Waals surface area (Å²) in [4.78, 5) is 0. The molecule has 2 aromatic carbocycles. The van der Waals surface area contributed by atoms with Gasteiger partial charge in [0.05, 0.1) is 31.5 Å². The predicted molar refractivity (Wildman–Crippen MR) is 143 cm³/mol. The molecule has 5 rings (SSSR count). The van der Waals surface area contributed by atoms with Crippen molar-refractivity contribution in [3.63, 3.8) is 0 Å². The van der Waals surface area contributed by atoms with Crippen molar-refractivity contribution in [3.05, 3.63) is 47.2 Å². The van der Waals surface area contributed by atoms with Gasteiger partial charge < -0.3 is 74.4 Å². The lowest BCUT2D eigenvalue weighted by Gasteiger charge is -2.42. The van der Waals surface area contributed by atoms with Gasteiger partial charge in [0.25, 0.3) is 11.9 Å². The molecule has 0 bridgehead atoms. The molecule has 0 amide bonds. The standard InChI is InChI=1S/C28H34O15/c1-10-20(32)22(34)24(36)27(40-10)39-9-19-21(33)23(35)25(37)28(43-19)42-18-8-13-14(30)6-12(29)7-17(13)41-26(18)11-3-4-16(38-2)15(31)5-11/h3-8,10,19-37H,9H2,1-2H3/p+1. The topological polar surface area (TPSA) is 241 Å². The van der Waals surface area contributed by atoms with Crippen molar-refractivity contribution in [2.75, 3.05) is 13.7 Å². The van der Waals surface area contributed by atoms with Crippen molar-refractivity contribution in [2.45, 2.75) is 74.4 Å². The van der Waals surface area contributed by atoms with E-state index in [1.165, 1.54) is 38.3 Å². The maximum absolute atomic E-state index is 10.7. The van der Waals surface area contributed by atoms with Gasteiger partial charge in [0.15, 0.2) is 23.5 Å². The Kier molecular flexibility index (Phi) is 8.89. The minimum Gasteiger partial charge on any atom is -0.571 e. The Morgan fingerprint density at radius 3 is 2.19 bits per heavy atom. The molecule has 2 aromatic rings. The first-order valence-corrected chi connectivity index (χ1v) is 13.4. The number of aliphatic hydroxyl groups excluding tert-OH is 6. The van der Waals surface area contributed by atoms with Gasteiger partial charge in [-0.05, 0) is 25.1 Å². The van der Waals surface area contributed by atoms with Gasteiger partial charge in [-0.15, -0.1) is 0 Å². The molecular weight excluding hydrogens is 576 g/mol. The van der Waals surface area contributed by atoms with Crippen LogP contribution in [0.15, 0.2) is 36.1 Å². The number of rotatable bonds is 7. The molecule has 3 aliphatic rings. The highest BCUT2D eigenvalue weighted by molar-refractivity contribution is 5.69. The summed E-state index contributed by atoms with van der Waals surface area (Å²) >= 11 is 0. The van der Waals surface area contributed by atoms with Crippen LogP contribution in [0.1, 0.15) is 24.2 Å². The molecule has 236 valence electrons. The van der Waals surface area contributed by atoms with E-state index in [9.17, 15) is 46.0 Å². The molecule has 0 saturated carbocycles. The Morgan fingerprint density at radius 1 is 0.791 bits per heavy atom. The smallest absolute Gasteiger partial charge is 0.270 e. The number of methoxy groups -OCH3 is 1. The lowest BCUT2D eigenvalue weighted by molar-refractivity contribution is -0.325. The number of phenols is 3. The van der Waals surface area contributed by atoms with E-state index in [1.807, 2.05) is 0 Å². The molecule has 0 aliphatic carbocycles. The van der Waals surface area contributed by atoms with Gasteiger partial charge in [-0.3, -0.25) is 0 Å². The average Bonchev–Trinajstić information content (AvgIpc) is 2.97. The van der Waals surface area contributed by atoms with Crippen molar-refractivity contribution in [1.29, 1.82) is 0 Å². The number of hydrogen-bond donors (Lipinski definition) is 9. The largest absolute Gasteiger partial charge is 0.571 e. The van der Waals surface area contributed by atoms with Gasteiger partial charge in [0.2, 0.25) is 6.29 Å². The summed E-state index contributed by atoms with van der Waals surface area (Å²) in [5.74, 6) is -0.384. The molecule has 43 heavy (non-hydrogen) atoms. The van der Waals surface area contributed by atoms with Crippen LogP contribution in [0.3, 0.4) is 0 Å². The molecule has 11 unspecified atom stereocenters. The molecule has 2 saturated heterocycles. The minimum atomic E-state index is -1.78. The minimum absolute atomic E-state index is 0.00216. The zero-order chi connectivity index (χ0) is 31.2. The third-order valence-electron chi connectivity index (χ3n) is 7.62. The van der Waals surface area contributed by atoms with E-state index in [-0.39, 0.29) is 40.1 Å². The normalized spacial score (nSPS) is 35.8. The molecule has 10 N–H and O–H groups in total. The highest BCUT2D eigenvalue weighted by Gasteiger charge is 2.48. The molecule has 0 spiro atoms. The van der Waals surface area contributed by atoms with Crippen molar-refractivity contribution >= 4 is 6.08 Å². The van der Waals surface area contributed by atoms with Crippen molar-refractivity contribution < 1.29 is 74.4 Å². The third-order valence-corrected chi connectivity index (χ3v) is 7.62. The van der Waals surface area contributed by atoms with Gasteiger partial charge >= 0.3 is 0 Å². The van der Waals surface area contributed by atoms with E-state index in [0.29, 0.717) is 5.56 Å². The molecule has 11 atom stereocenters. The Bertz CT molecular complexity index is 1330. The Labute approximate surface area is 244 Å². The second kappa shape index (κ2) is 12.3.